The Hall–Kier alpha value is -2.50. The van der Waals surface area contributed by atoms with E-state index in [1.165, 1.54) is 25.7 Å². The van der Waals surface area contributed by atoms with Crippen LogP contribution in [-0.4, -0.2) is 69.8 Å². The standard InChI is InChI=1S/C21H36ClN9O2/c1-2-3-4-5-6-7-8-9-14(30-12-10-27-11-13-30)19(32)31(21(25)26)20(33)15-17(23)29-18(24)16(22)28-15/h14,27H,2-13H2,1H3,(H3,25,26)(H4,23,24,29). The van der Waals surface area contributed by atoms with Crippen molar-refractivity contribution in [1.29, 1.82) is 5.41 Å². The Bertz CT molecular complexity index is 830. The van der Waals surface area contributed by atoms with Gasteiger partial charge < -0.3 is 22.5 Å². The molecule has 12 heteroatoms. The zero-order chi connectivity index (χ0) is 24.4. The van der Waals surface area contributed by atoms with Gasteiger partial charge in [0.05, 0.1) is 6.04 Å². The molecule has 1 atom stereocenters. The van der Waals surface area contributed by atoms with E-state index in [0.29, 0.717) is 24.4 Å². The number of carbonyl (C=O) groups excluding carboxylic acids is 2. The summed E-state index contributed by atoms with van der Waals surface area (Å²) in [6, 6.07) is -0.589. The van der Waals surface area contributed by atoms with E-state index in [-0.39, 0.29) is 22.5 Å². The number of aromatic nitrogens is 2. The van der Waals surface area contributed by atoms with E-state index >= 15 is 0 Å². The average molecular weight is 482 g/mol. The highest BCUT2D eigenvalue weighted by Gasteiger charge is 2.37. The third kappa shape index (κ3) is 7.51. The van der Waals surface area contributed by atoms with Crippen LogP contribution in [0, 0.1) is 5.41 Å². The predicted molar refractivity (Wildman–Crippen MR) is 130 cm³/mol. The number of nitrogen functional groups attached to an aromatic ring is 2. The van der Waals surface area contributed by atoms with Crippen molar-refractivity contribution in [3.05, 3.63) is 10.8 Å². The number of nitrogens with one attached hydrogen (secondary N) is 2. The molecule has 184 valence electrons. The van der Waals surface area contributed by atoms with Gasteiger partial charge in [0.25, 0.3) is 11.8 Å². The number of amides is 2. The summed E-state index contributed by atoms with van der Waals surface area (Å²) in [4.78, 5) is 37.0. The van der Waals surface area contributed by atoms with Crippen molar-refractivity contribution in [2.45, 2.75) is 64.3 Å². The zero-order valence-corrected chi connectivity index (χ0v) is 20.0. The molecule has 1 saturated heterocycles. The lowest BCUT2D eigenvalue weighted by Crippen LogP contribution is -2.58. The largest absolute Gasteiger partial charge is 0.382 e. The van der Waals surface area contributed by atoms with Crippen molar-refractivity contribution in [2.75, 3.05) is 37.6 Å². The molecule has 1 unspecified atom stereocenters. The Morgan fingerprint density at radius 1 is 1.09 bits per heavy atom. The Morgan fingerprint density at radius 2 is 1.70 bits per heavy atom. The predicted octanol–water partition coefficient (Wildman–Crippen LogP) is 1.57. The Kier molecular flexibility index (Phi) is 10.8. The first-order valence-corrected chi connectivity index (χ1v) is 11.9. The second-order valence-corrected chi connectivity index (χ2v) is 8.57. The molecule has 1 aromatic heterocycles. The molecule has 2 amide bonds. The van der Waals surface area contributed by atoms with Crippen molar-refractivity contribution >= 4 is 41.0 Å². The van der Waals surface area contributed by atoms with Gasteiger partial charge in [-0.05, 0) is 6.42 Å². The minimum Gasteiger partial charge on any atom is -0.382 e. The van der Waals surface area contributed by atoms with Crippen LogP contribution in [0.25, 0.3) is 0 Å². The smallest absolute Gasteiger partial charge is 0.289 e. The molecule has 2 heterocycles. The van der Waals surface area contributed by atoms with Gasteiger partial charge in [0.15, 0.2) is 22.5 Å². The highest BCUT2D eigenvalue weighted by atomic mass is 35.5. The molecule has 0 spiro atoms. The molecular weight excluding hydrogens is 446 g/mol. The molecule has 1 fully saturated rings. The number of piperazine rings is 1. The van der Waals surface area contributed by atoms with Gasteiger partial charge in [-0.1, -0.05) is 63.5 Å². The van der Waals surface area contributed by atoms with E-state index in [4.69, 9.17) is 34.2 Å². The fourth-order valence-electron chi connectivity index (χ4n) is 3.93. The first-order valence-electron chi connectivity index (χ1n) is 11.5. The third-order valence-corrected chi connectivity index (χ3v) is 6.01. The summed E-state index contributed by atoms with van der Waals surface area (Å²) in [7, 11) is 0. The summed E-state index contributed by atoms with van der Waals surface area (Å²) in [6.07, 6.45) is 8.33. The Balaban J connectivity index is 2.18. The van der Waals surface area contributed by atoms with E-state index in [1.807, 2.05) is 4.90 Å². The maximum absolute atomic E-state index is 13.5. The summed E-state index contributed by atoms with van der Waals surface area (Å²) in [6.45, 7) is 4.97. The van der Waals surface area contributed by atoms with Crippen LogP contribution in [0.3, 0.4) is 0 Å². The molecule has 1 aliphatic heterocycles. The number of hydrogen-bond acceptors (Lipinski definition) is 9. The number of anilines is 2. The molecule has 1 aliphatic rings. The number of nitrogens with two attached hydrogens (primary N) is 3. The summed E-state index contributed by atoms with van der Waals surface area (Å²) in [5.74, 6) is -2.65. The van der Waals surface area contributed by atoms with Crippen molar-refractivity contribution in [1.82, 2.24) is 25.1 Å². The van der Waals surface area contributed by atoms with Crippen LogP contribution in [0.2, 0.25) is 5.15 Å². The van der Waals surface area contributed by atoms with Gasteiger partial charge in [0.1, 0.15) is 0 Å². The maximum atomic E-state index is 13.5. The maximum Gasteiger partial charge on any atom is 0.289 e. The quantitative estimate of drug-likeness (QED) is 0.178. The van der Waals surface area contributed by atoms with Gasteiger partial charge in [0.2, 0.25) is 5.96 Å². The molecule has 2 rings (SSSR count). The number of imide groups is 1. The van der Waals surface area contributed by atoms with Crippen LogP contribution in [0.1, 0.15) is 68.8 Å². The van der Waals surface area contributed by atoms with Gasteiger partial charge in [-0.25, -0.2) is 14.9 Å². The van der Waals surface area contributed by atoms with Crippen LogP contribution in [-0.2, 0) is 4.79 Å². The highest BCUT2D eigenvalue weighted by molar-refractivity contribution is 6.32. The normalized spacial score (nSPS) is 15.2. The molecule has 1 aromatic rings. The van der Waals surface area contributed by atoms with Crippen molar-refractivity contribution in [3.63, 3.8) is 0 Å². The zero-order valence-electron chi connectivity index (χ0n) is 19.3. The van der Waals surface area contributed by atoms with E-state index < -0.39 is 23.8 Å². The van der Waals surface area contributed by atoms with Gasteiger partial charge >= 0.3 is 0 Å². The molecular formula is C21H36ClN9O2. The number of unbranched alkanes of at least 4 members (excludes halogenated alkanes) is 6. The van der Waals surface area contributed by atoms with Crippen LogP contribution in [0.4, 0.5) is 11.6 Å². The number of hydrogen-bond donors (Lipinski definition) is 5. The first-order chi connectivity index (χ1) is 15.8. The fourth-order valence-corrected chi connectivity index (χ4v) is 4.06. The summed E-state index contributed by atoms with van der Waals surface area (Å²) in [5.41, 5.74) is 16.7. The number of guanidine groups is 1. The average Bonchev–Trinajstić information content (AvgIpc) is 2.78. The fraction of sp³-hybridized carbons (Fsp3) is 0.667. The van der Waals surface area contributed by atoms with Crippen LogP contribution in [0.5, 0.6) is 0 Å². The minimum atomic E-state index is -0.945. The SMILES string of the molecule is CCCCCCCCCC(C(=O)N(C(=N)N)C(=O)c1nc(Cl)c(N)nc1N)N1CCNCC1. The number of halogens is 1. The van der Waals surface area contributed by atoms with Crippen LogP contribution >= 0.6 is 11.6 Å². The number of rotatable bonds is 11. The summed E-state index contributed by atoms with van der Waals surface area (Å²) in [5, 5.41) is 11.0. The second kappa shape index (κ2) is 13.3. The minimum absolute atomic E-state index is 0.135. The van der Waals surface area contributed by atoms with E-state index in [9.17, 15) is 9.59 Å². The van der Waals surface area contributed by atoms with Gasteiger partial charge in [-0.2, -0.15) is 0 Å². The highest BCUT2D eigenvalue weighted by Crippen LogP contribution is 2.21. The Labute approximate surface area is 199 Å². The van der Waals surface area contributed by atoms with Crippen molar-refractivity contribution in [3.8, 4) is 0 Å². The molecule has 8 N–H and O–H groups in total. The molecule has 0 aliphatic carbocycles. The molecule has 0 bridgehead atoms. The molecule has 11 nitrogen and oxygen atoms in total. The van der Waals surface area contributed by atoms with Gasteiger partial charge in [-0.3, -0.25) is 19.9 Å². The number of nitrogens with zero attached hydrogens (tertiary/aromatic N) is 4. The van der Waals surface area contributed by atoms with Crippen LogP contribution < -0.4 is 22.5 Å². The lowest BCUT2D eigenvalue weighted by Gasteiger charge is -2.36. The Morgan fingerprint density at radius 3 is 2.30 bits per heavy atom. The lowest BCUT2D eigenvalue weighted by atomic mass is 10.0. The lowest BCUT2D eigenvalue weighted by molar-refractivity contribution is -0.131. The third-order valence-electron chi connectivity index (χ3n) is 5.73. The van der Waals surface area contributed by atoms with E-state index in [2.05, 4.69) is 22.2 Å². The second-order valence-electron chi connectivity index (χ2n) is 8.21. The molecule has 0 aromatic carbocycles. The van der Waals surface area contributed by atoms with Crippen molar-refractivity contribution < 1.29 is 9.59 Å². The van der Waals surface area contributed by atoms with Crippen LogP contribution in [0.15, 0.2) is 0 Å². The molecule has 33 heavy (non-hydrogen) atoms. The summed E-state index contributed by atoms with van der Waals surface area (Å²) < 4.78 is 0. The molecule has 0 radical (unpaired) electrons. The topological polar surface area (TPSA) is 180 Å². The van der Waals surface area contributed by atoms with Gasteiger partial charge in [-0.15, -0.1) is 0 Å². The summed E-state index contributed by atoms with van der Waals surface area (Å²) >= 11 is 5.90. The molecule has 0 saturated carbocycles. The first kappa shape index (κ1) is 26.7. The number of carbonyl (C=O) groups is 2. The van der Waals surface area contributed by atoms with Crippen molar-refractivity contribution in [2.24, 2.45) is 5.73 Å². The monoisotopic (exact) mass is 481 g/mol. The van der Waals surface area contributed by atoms with E-state index in [0.717, 1.165) is 32.4 Å². The van der Waals surface area contributed by atoms with Gasteiger partial charge in [0, 0.05) is 26.2 Å². The van der Waals surface area contributed by atoms with E-state index in [1.54, 1.807) is 0 Å².